The van der Waals surface area contributed by atoms with Crippen molar-refractivity contribution in [1.82, 2.24) is 14.4 Å². The molecule has 8 heteroatoms. The van der Waals surface area contributed by atoms with Crippen LogP contribution in [0.2, 0.25) is 0 Å². The molecule has 0 radical (unpaired) electrons. The summed E-state index contributed by atoms with van der Waals surface area (Å²) in [5, 5.41) is 1.03. The van der Waals surface area contributed by atoms with Crippen molar-refractivity contribution in [3.63, 3.8) is 0 Å². The van der Waals surface area contributed by atoms with E-state index in [1.807, 2.05) is 40.8 Å². The van der Waals surface area contributed by atoms with Crippen molar-refractivity contribution in [2.45, 2.75) is 0 Å². The van der Waals surface area contributed by atoms with Crippen molar-refractivity contribution in [3.05, 3.63) is 34.4 Å². The Balaban J connectivity index is 1.71. The normalized spacial score (nSPS) is 16.5. The van der Waals surface area contributed by atoms with Crippen LogP contribution in [0.15, 0.2) is 28.7 Å². The van der Waals surface area contributed by atoms with Gasteiger partial charge in [-0.25, -0.2) is 8.42 Å². The maximum Gasteiger partial charge on any atom is 0.271 e. The summed E-state index contributed by atoms with van der Waals surface area (Å²) in [5.41, 5.74) is 1.68. The molecule has 0 N–H and O–H groups in total. The van der Waals surface area contributed by atoms with Crippen LogP contribution < -0.4 is 0 Å². The first-order valence-corrected chi connectivity index (χ1v) is 11.1. The largest absolute Gasteiger partial charge is 0.339 e. The van der Waals surface area contributed by atoms with Crippen LogP contribution in [-0.2, 0) is 16.9 Å². The van der Waals surface area contributed by atoms with Crippen molar-refractivity contribution < 1.29 is 13.2 Å². The molecule has 25 heavy (non-hydrogen) atoms. The van der Waals surface area contributed by atoms with Gasteiger partial charge in [0.05, 0.1) is 10.2 Å². The van der Waals surface area contributed by atoms with Gasteiger partial charge in [0.25, 0.3) is 5.91 Å². The monoisotopic (exact) mass is 427 g/mol. The van der Waals surface area contributed by atoms with Crippen molar-refractivity contribution in [1.29, 1.82) is 0 Å². The van der Waals surface area contributed by atoms with E-state index < -0.39 is 9.84 Å². The summed E-state index contributed by atoms with van der Waals surface area (Å²) >= 11 is 3.58. The van der Waals surface area contributed by atoms with Gasteiger partial charge >= 0.3 is 0 Å². The van der Waals surface area contributed by atoms with E-state index in [1.165, 1.54) is 6.26 Å². The van der Waals surface area contributed by atoms with Crippen LogP contribution in [0, 0.1) is 0 Å². The van der Waals surface area contributed by atoms with Gasteiger partial charge in [-0.1, -0.05) is 18.2 Å². The molecule has 136 valence electrons. The highest BCUT2D eigenvalue weighted by Gasteiger charge is 2.27. The Morgan fingerprint density at radius 2 is 1.80 bits per heavy atom. The SMILES string of the molecule is Cn1c(C(=O)N2CCN(CCS(C)(=O)=O)CC2)c(Br)c2ccccc21. The number of carbonyl (C=O) groups is 1. The molecule has 1 aromatic carbocycles. The van der Waals surface area contributed by atoms with Gasteiger partial charge in [-0.2, -0.15) is 0 Å². The highest BCUT2D eigenvalue weighted by molar-refractivity contribution is 9.10. The standard InChI is InChI=1S/C17H22BrN3O3S/c1-19-14-6-4-3-5-13(14)15(18)16(19)17(22)21-9-7-20(8-10-21)11-12-25(2,23)24/h3-6H,7-12H2,1-2H3. The van der Waals surface area contributed by atoms with E-state index in [0.717, 1.165) is 15.4 Å². The van der Waals surface area contributed by atoms with Crippen LogP contribution in [0.25, 0.3) is 10.9 Å². The lowest BCUT2D eigenvalue weighted by Crippen LogP contribution is -2.50. The van der Waals surface area contributed by atoms with Gasteiger partial charge in [-0.05, 0) is 22.0 Å². The molecule has 3 rings (SSSR count). The van der Waals surface area contributed by atoms with Gasteiger partial charge in [-0.15, -0.1) is 0 Å². The predicted octanol–water partition coefficient (Wildman–Crippen LogP) is 1.74. The topological polar surface area (TPSA) is 62.6 Å². The zero-order chi connectivity index (χ0) is 18.2. The molecule has 1 aliphatic heterocycles. The average molecular weight is 428 g/mol. The smallest absolute Gasteiger partial charge is 0.271 e. The lowest BCUT2D eigenvalue weighted by Gasteiger charge is -2.34. The first-order valence-electron chi connectivity index (χ1n) is 8.20. The second-order valence-corrected chi connectivity index (χ2v) is 9.56. The lowest BCUT2D eigenvalue weighted by atomic mass is 10.2. The number of aromatic nitrogens is 1. The Bertz CT molecular complexity index is 860. The third-order valence-corrected chi connectivity index (χ3v) is 6.41. The number of para-hydroxylation sites is 1. The number of halogens is 1. The molecule has 6 nitrogen and oxygen atoms in total. The van der Waals surface area contributed by atoms with Crippen LogP contribution in [0.5, 0.6) is 0 Å². The number of nitrogens with zero attached hydrogens (tertiary/aromatic N) is 3. The van der Waals surface area contributed by atoms with Crippen molar-refractivity contribution in [2.75, 3.05) is 44.7 Å². The van der Waals surface area contributed by atoms with Crippen LogP contribution >= 0.6 is 15.9 Å². The molecule has 0 saturated carbocycles. The fourth-order valence-corrected chi connectivity index (χ4v) is 4.56. The third kappa shape index (κ3) is 3.91. The van der Waals surface area contributed by atoms with E-state index >= 15 is 0 Å². The number of hydrogen-bond acceptors (Lipinski definition) is 4. The number of fused-ring (bicyclic) bond motifs is 1. The molecule has 0 atom stereocenters. The molecule has 0 unspecified atom stereocenters. The minimum absolute atomic E-state index is 0.00772. The van der Waals surface area contributed by atoms with Crippen molar-refractivity contribution in [2.24, 2.45) is 7.05 Å². The number of amides is 1. The van der Waals surface area contributed by atoms with E-state index in [9.17, 15) is 13.2 Å². The minimum Gasteiger partial charge on any atom is -0.339 e. The number of aryl methyl sites for hydroxylation is 1. The molecular formula is C17H22BrN3O3S. The zero-order valence-corrected chi connectivity index (χ0v) is 16.8. The Kier molecular flexibility index (Phi) is 5.22. The van der Waals surface area contributed by atoms with E-state index in [0.29, 0.717) is 38.4 Å². The summed E-state index contributed by atoms with van der Waals surface area (Å²) in [4.78, 5) is 16.9. The number of piperazine rings is 1. The Labute approximate surface area is 156 Å². The molecular weight excluding hydrogens is 406 g/mol. The second-order valence-electron chi connectivity index (χ2n) is 6.50. The molecule has 1 saturated heterocycles. The highest BCUT2D eigenvalue weighted by Crippen LogP contribution is 2.31. The minimum atomic E-state index is -2.95. The molecule has 2 heterocycles. The van der Waals surface area contributed by atoms with E-state index in [-0.39, 0.29) is 11.7 Å². The number of sulfone groups is 1. The average Bonchev–Trinajstić information content (AvgIpc) is 2.84. The first kappa shape index (κ1) is 18.4. The lowest BCUT2D eigenvalue weighted by molar-refractivity contribution is 0.0634. The van der Waals surface area contributed by atoms with Crippen LogP contribution in [-0.4, -0.2) is 73.4 Å². The third-order valence-electron chi connectivity index (χ3n) is 4.69. The quantitative estimate of drug-likeness (QED) is 0.745. The van der Waals surface area contributed by atoms with Crippen molar-refractivity contribution in [3.8, 4) is 0 Å². The van der Waals surface area contributed by atoms with E-state index in [4.69, 9.17) is 0 Å². The molecule has 0 bridgehead atoms. The van der Waals surface area contributed by atoms with Gasteiger partial charge in [0.2, 0.25) is 0 Å². The van der Waals surface area contributed by atoms with Gasteiger partial charge in [0.1, 0.15) is 15.5 Å². The highest BCUT2D eigenvalue weighted by atomic mass is 79.9. The fourth-order valence-electron chi connectivity index (χ4n) is 3.20. The zero-order valence-electron chi connectivity index (χ0n) is 14.4. The maximum atomic E-state index is 13.0. The summed E-state index contributed by atoms with van der Waals surface area (Å²) in [5.74, 6) is 0.170. The number of hydrogen-bond donors (Lipinski definition) is 0. The van der Waals surface area contributed by atoms with Crippen LogP contribution in [0.3, 0.4) is 0 Å². The molecule has 1 amide bonds. The van der Waals surface area contributed by atoms with Gasteiger partial charge in [0.15, 0.2) is 0 Å². The van der Waals surface area contributed by atoms with E-state index in [2.05, 4.69) is 20.8 Å². The molecule has 1 aliphatic rings. The first-order chi connectivity index (χ1) is 11.8. The summed E-state index contributed by atoms with van der Waals surface area (Å²) in [6.07, 6.45) is 1.25. The van der Waals surface area contributed by atoms with Crippen molar-refractivity contribution >= 4 is 42.6 Å². The Morgan fingerprint density at radius 1 is 1.16 bits per heavy atom. The van der Waals surface area contributed by atoms with Gasteiger partial charge in [0, 0.05) is 56.9 Å². The molecule has 1 aromatic heterocycles. The second kappa shape index (κ2) is 7.09. The Morgan fingerprint density at radius 3 is 2.40 bits per heavy atom. The van der Waals surface area contributed by atoms with Gasteiger partial charge < -0.3 is 9.47 Å². The predicted molar refractivity (Wildman–Crippen MR) is 103 cm³/mol. The Hall–Kier alpha value is -1.38. The van der Waals surface area contributed by atoms with Gasteiger partial charge in [-0.3, -0.25) is 9.69 Å². The summed E-state index contributed by atoms with van der Waals surface area (Å²) in [6.45, 7) is 3.14. The molecule has 1 fully saturated rings. The number of carbonyl (C=O) groups excluding carboxylic acids is 1. The molecule has 0 aliphatic carbocycles. The van der Waals surface area contributed by atoms with Crippen LogP contribution in [0.4, 0.5) is 0 Å². The number of benzene rings is 1. The fraction of sp³-hybridized carbons (Fsp3) is 0.471. The number of rotatable bonds is 4. The maximum absolute atomic E-state index is 13.0. The molecule has 2 aromatic rings. The molecule has 0 spiro atoms. The summed E-state index contributed by atoms with van der Waals surface area (Å²) in [7, 11) is -1.05. The summed E-state index contributed by atoms with van der Waals surface area (Å²) < 4.78 is 25.3. The van der Waals surface area contributed by atoms with Crippen LogP contribution in [0.1, 0.15) is 10.5 Å². The summed E-state index contributed by atoms with van der Waals surface area (Å²) in [6, 6.07) is 7.92. The van der Waals surface area contributed by atoms with E-state index in [1.54, 1.807) is 0 Å².